The van der Waals surface area contributed by atoms with Crippen LogP contribution in [-0.2, 0) is 6.54 Å². The van der Waals surface area contributed by atoms with Gasteiger partial charge in [-0.1, -0.05) is 25.1 Å². The molecule has 0 radical (unpaired) electrons. The van der Waals surface area contributed by atoms with Gasteiger partial charge in [-0.05, 0) is 18.9 Å². The van der Waals surface area contributed by atoms with Crippen molar-refractivity contribution in [3.8, 4) is 5.75 Å². The average Bonchev–Trinajstić information content (AvgIpc) is 2.93. The fraction of sp³-hybridized carbons (Fsp3) is 0.438. The van der Waals surface area contributed by atoms with E-state index in [2.05, 4.69) is 15.2 Å². The van der Waals surface area contributed by atoms with Crippen LogP contribution in [0.25, 0.3) is 0 Å². The van der Waals surface area contributed by atoms with Crippen LogP contribution >= 0.6 is 0 Å². The smallest absolute Gasteiger partial charge is 0.387 e. The zero-order chi connectivity index (χ0) is 17.0. The van der Waals surface area contributed by atoms with Crippen LogP contribution in [0.2, 0.25) is 0 Å². The largest absolute Gasteiger partial charge is 0.434 e. The molecule has 0 fully saturated rings. The van der Waals surface area contributed by atoms with E-state index in [4.69, 9.17) is 4.52 Å². The van der Waals surface area contributed by atoms with E-state index in [1.165, 1.54) is 12.1 Å². The lowest BCUT2D eigenvalue weighted by Gasteiger charge is -2.17. The van der Waals surface area contributed by atoms with Crippen LogP contribution < -0.4 is 10.1 Å². The first-order valence-electron chi connectivity index (χ1n) is 7.30. The van der Waals surface area contributed by atoms with Gasteiger partial charge in [-0.3, -0.25) is 0 Å². The lowest BCUT2D eigenvalue weighted by atomic mass is 10.1. The Morgan fingerprint density at radius 3 is 2.57 bits per heavy atom. The molecule has 7 heteroatoms. The second-order valence-electron chi connectivity index (χ2n) is 5.54. The van der Waals surface area contributed by atoms with Gasteiger partial charge in [0.05, 0.1) is 12.2 Å². The number of hydrogen-bond donors (Lipinski definition) is 1. The van der Waals surface area contributed by atoms with Crippen LogP contribution in [-0.4, -0.2) is 11.8 Å². The van der Waals surface area contributed by atoms with E-state index in [-0.39, 0.29) is 17.7 Å². The summed E-state index contributed by atoms with van der Waals surface area (Å²) in [5, 5.41) is 7.07. The van der Waals surface area contributed by atoms with Gasteiger partial charge in [0.1, 0.15) is 11.6 Å². The fourth-order valence-corrected chi connectivity index (χ4v) is 2.11. The summed E-state index contributed by atoms with van der Waals surface area (Å²) in [6.45, 7) is 3.14. The summed E-state index contributed by atoms with van der Waals surface area (Å²) in [5.41, 5.74) is 1.29. The second-order valence-corrected chi connectivity index (χ2v) is 5.54. The molecule has 4 nitrogen and oxygen atoms in total. The first kappa shape index (κ1) is 17.3. The predicted molar refractivity (Wildman–Crippen MR) is 78.9 cm³/mol. The molecule has 0 saturated carbocycles. The molecule has 0 spiro atoms. The van der Waals surface area contributed by atoms with Crippen molar-refractivity contribution in [1.29, 1.82) is 0 Å². The van der Waals surface area contributed by atoms with Crippen molar-refractivity contribution in [3.63, 3.8) is 0 Å². The maximum atomic E-state index is 13.2. The van der Waals surface area contributed by atoms with Gasteiger partial charge >= 0.3 is 6.61 Å². The topological polar surface area (TPSA) is 47.3 Å². The maximum absolute atomic E-state index is 13.2. The number of alkyl halides is 2. The molecule has 1 N–H and O–H groups in total. The lowest BCUT2D eigenvalue weighted by molar-refractivity contribution is -0.0508. The third kappa shape index (κ3) is 4.72. The molecular weight excluding hydrogens is 309 g/mol. The zero-order valence-corrected chi connectivity index (χ0v) is 13.1. The highest BCUT2D eigenvalue weighted by molar-refractivity contribution is 5.36. The van der Waals surface area contributed by atoms with E-state index in [0.29, 0.717) is 17.9 Å². The Bertz CT molecular complexity index is 644. The quantitative estimate of drug-likeness (QED) is 0.819. The minimum Gasteiger partial charge on any atom is -0.434 e. The summed E-state index contributed by atoms with van der Waals surface area (Å²) in [7, 11) is 0. The van der Waals surface area contributed by atoms with E-state index >= 15 is 0 Å². The molecule has 2 rings (SSSR count). The third-order valence-electron chi connectivity index (χ3n) is 3.41. The monoisotopic (exact) mass is 328 g/mol. The summed E-state index contributed by atoms with van der Waals surface area (Å²) in [5.74, 6) is 0.0842. The first-order valence-corrected chi connectivity index (χ1v) is 7.30. The Labute approximate surface area is 132 Å². The molecule has 0 unspecified atom stereocenters. The Kier molecular flexibility index (Phi) is 5.65. The molecule has 1 aromatic carbocycles. The van der Waals surface area contributed by atoms with Crippen LogP contribution in [0.3, 0.4) is 0 Å². The summed E-state index contributed by atoms with van der Waals surface area (Å²) in [6, 6.07) is 5.08. The minimum atomic E-state index is -3.01. The Balaban J connectivity index is 2.06. The molecule has 23 heavy (non-hydrogen) atoms. The normalized spacial score (nSPS) is 12.9. The SMILES string of the molecule is CC(C)c1cc(CN[C@H](C)c2ccc(F)cc2OC(F)F)on1. The molecule has 0 amide bonds. The Hall–Kier alpha value is -2.02. The van der Waals surface area contributed by atoms with Crippen molar-refractivity contribution >= 4 is 0 Å². The lowest BCUT2D eigenvalue weighted by Crippen LogP contribution is -2.19. The van der Waals surface area contributed by atoms with E-state index in [1.807, 2.05) is 19.9 Å². The number of ether oxygens (including phenoxy) is 1. The maximum Gasteiger partial charge on any atom is 0.387 e. The average molecular weight is 328 g/mol. The summed E-state index contributed by atoms with van der Waals surface area (Å²) in [6.07, 6.45) is 0. The fourth-order valence-electron chi connectivity index (χ4n) is 2.11. The molecule has 0 aliphatic carbocycles. The van der Waals surface area contributed by atoms with Gasteiger partial charge in [-0.2, -0.15) is 8.78 Å². The number of aromatic nitrogens is 1. The van der Waals surface area contributed by atoms with Crippen molar-refractivity contribution in [1.82, 2.24) is 10.5 Å². The predicted octanol–water partition coefficient (Wildman–Crippen LogP) is 4.39. The summed E-state index contributed by atoms with van der Waals surface area (Å²) < 4.78 is 47.7. The van der Waals surface area contributed by atoms with Gasteiger partial charge in [0.15, 0.2) is 5.76 Å². The van der Waals surface area contributed by atoms with E-state index in [1.54, 1.807) is 6.92 Å². The van der Waals surface area contributed by atoms with Gasteiger partial charge in [0.25, 0.3) is 0 Å². The first-order chi connectivity index (χ1) is 10.9. The number of benzene rings is 1. The Morgan fingerprint density at radius 2 is 1.96 bits per heavy atom. The van der Waals surface area contributed by atoms with E-state index in [0.717, 1.165) is 11.8 Å². The number of rotatable bonds is 7. The minimum absolute atomic E-state index is 0.180. The van der Waals surface area contributed by atoms with Crippen LogP contribution in [0.1, 0.15) is 49.7 Å². The zero-order valence-electron chi connectivity index (χ0n) is 13.1. The molecular formula is C16H19F3N2O2. The highest BCUT2D eigenvalue weighted by atomic mass is 19.3. The van der Waals surface area contributed by atoms with Crippen molar-refractivity contribution in [3.05, 3.63) is 47.1 Å². The van der Waals surface area contributed by atoms with Crippen molar-refractivity contribution in [2.75, 3.05) is 0 Å². The molecule has 1 heterocycles. The van der Waals surface area contributed by atoms with E-state index in [9.17, 15) is 13.2 Å². The number of hydrogen-bond acceptors (Lipinski definition) is 4. The van der Waals surface area contributed by atoms with Crippen LogP contribution in [0.5, 0.6) is 5.75 Å². The number of nitrogens with zero attached hydrogens (tertiary/aromatic N) is 1. The van der Waals surface area contributed by atoms with Crippen molar-refractivity contribution in [2.45, 2.75) is 45.9 Å². The standard InChI is InChI=1S/C16H19F3N2O2/c1-9(2)14-7-12(23-21-14)8-20-10(3)13-5-4-11(17)6-15(13)22-16(18)19/h4-7,9-10,16,20H,8H2,1-3H3/t10-/m1/s1. The molecule has 1 aromatic heterocycles. The van der Waals surface area contributed by atoms with Gasteiger partial charge < -0.3 is 14.6 Å². The summed E-state index contributed by atoms with van der Waals surface area (Å²) >= 11 is 0. The van der Waals surface area contributed by atoms with Gasteiger partial charge in [0, 0.05) is 23.7 Å². The van der Waals surface area contributed by atoms with Crippen molar-refractivity contribution < 1.29 is 22.4 Å². The number of nitrogens with one attached hydrogen (secondary N) is 1. The summed E-state index contributed by atoms with van der Waals surface area (Å²) in [4.78, 5) is 0. The molecule has 0 bridgehead atoms. The van der Waals surface area contributed by atoms with Gasteiger partial charge in [-0.25, -0.2) is 4.39 Å². The van der Waals surface area contributed by atoms with Crippen LogP contribution in [0.4, 0.5) is 13.2 Å². The highest BCUT2D eigenvalue weighted by Gasteiger charge is 2.16. The number of halogens is 3. The highest BCUT2D eigenvalue weighted by Crippen LogP contribution is 2.28. The van der Waals surface area contributed by atoms with Gasteiger partial charge in [0.2, 0.25) is 0 Å². The van der Waals surface area contributed by atoms with Gasteiger partial charge in [-0.15, -0.1) is 0 Å². The second kappa shape index (κ2) is 7.50. The molecule has 0 aliphatic rings. The molecule has 2 aromatic rings. The third-order valence-corrected chi connectivity index (χ3v) is 3.41. The van der Waals surface area contributed by atoms with Crippen molar-refractivity contribution in [2.24, 2.45) is 0 Å². The molecule has 126 valence electrons. The molecule has 1 atom stereocenters. The molecule has 0 aliphatic heterocycles. The van der Waals surface area contributed by atoms with Crippen LogP contribution in [0.15, 0.2) is 28.8 Å². The van der Waals surface area contributed by atoms with E-state index < -0.39 is 12.4 Å². The molecule has 0 saturated heterocycles. The van der Waals surface area contributed by atoms with Crippen LogP contribution in [0, 0.1) is 5.82 Å². The Morgan fingerprint density at radius 1 is 1.22 bits per heavy atom.